The van der Waals surface area contributed by atoms with Crippen LogP contribution < -0.4 is 10.2 Å². The van der Waals surface area contributed by atoms with E-state index in [2.05, 4.69) is 10.5 Å². The van der Waals surface area contributed by atoms with Crippen LogP contribution in [0.3, 0.4) is 0 Å². The smallest absolute Gasteiger partial charge is 0.244 e. The maximum Gasteiger partial charge on any atom is 0.244 e. The van der Waals surface area contributed by atoms with Gasteiger partial charge in [-0.05, 0) is 47.2 Å². The molecule has 2 rings (SSSR count). The molecule has 0 aromatic heterocycles. The van der Waals surface area contributed by atoms with Gasteiger partial charge < -0.3 is 9.84 Å². The third-order valence-electron chi connectivity index (χ3n) is 3.35. The highest BCUT2D eigenvalue weighted by atomic mass is 35.5. The van der Waals surface area contributed by atoms with E-state index in [4.69, 9.17) is 27.9 Å². The number of methoxy groups -OCH3 is 1. The molecule has 0 heterocycles. The summed E-state index contributed by atoms with van der Waals surface area (Å²) in [5, 5.41) is 14.4. The second-order valence-electron chi connectivity index (χ2n) is 5.21. The van der Waals surface area contributed by atoms with Gasteiger partial charge in [-0.15, -0.1) is 11.8 Å². The van der Waals surface area contributed by atoms with Crippen LogP contribution in [0.4, 0.5) is 0 Å². The molecule has 2 aromatic carbocycles. The lowest BCUT2D eigenvalue weighted by molar-refractivity contribution is -0.120. The van der Waals surface area contributed by atoms with Crippen LogP contribution in [-0.2, 0) is 11.2 Å². The Morgan fingerprint density at radius 1 is 1.35 bits per heavy atom. The lowest BCUT2D eigenvalue weighted by atomic mass is 10.1. The summed E-state index contributed by atoms with van der Waals surface area (Å²) in [7, 11) is 1.42. The van der Waals surface area contributed by atoms with Crippen molar-refractivity contribution >= 4 is 47.1 Å². The number of phenolic OH excluding ortho intramolecular Hbond substituents is 1. The van der Waals surface area contributed by atoms with Gasteiger partial charge in [-0.1, -0.05) is 30.1 Å². The molecule has 0 spiro atoms. The van der Waals surface area contributed by atoms with E-state index in [-0.39, 0.29) is 28.8 Å². The van der Waals surface area contributed by atoms with Gasteiger partial charge in [0, 0.05) is 9.92 Å². The van der Waals surface area contributed by atoms with Gasteiger partial charge in [0.25, 0.3) is 0 Å². The molecule has 8 heteroatoms. The molecule has 2 N–H and O–H groups in total. The lowest BCUT2D eigenvalue weighted by Crippen LogP contribution is -2.20. The summed E-state index contributed by atoms with van der Waals surface area (Å²) in [4.78, 5) is 13.2. The number of carbonyl (C=O) groups excluding carboxylic acids is 1. The molecule has 0 saturated carbocycles. The fourth-order valence-electron chi connectivity index (χ4n) is 2.20. The number of phenols is 1. The van der Waals surface area contributed by atoms with Crippen molar-refractivity contribution in [3.63, 3.8) is 0 Å². The summed E-state index contributed by atoms with van der Waals surface area (Å²) >= 11 is 13.6. The number of hydrogen-bond donors (Lipinski definition) is 2. The van der Waals surface area contributed by atoms with Crippen molar-refractivity contribution in [2.45, 2.75) is 18.2 Å². The van der Waals surface area contributed by atoms with Crippen LogP contribution in [0, 0.1) is 0 Å². The fraction of sp³-hybridized carbons (Fsp3) is 0.222. The molecule has 0 fully saturated rings. The Morgan fingerprint density at radius 2 is 2.12 bits per heavy atom. The Balaban J connectivity index is 2.04. The van der Waals surface area contributed by atoms with Crippen molar-refractivity contribution in [2.75, 3.05) is 12.9 Å². The molecule has 0 radical (unpaired) electrons. The second kappa shape index (κ2) is 9.71. The first kappa shape index (κ1) is 20.4. The first-order valence-corrected chi connectivity index (χ1v) is 9.48. The molecule has 0 aliphatic carbocycles. The van der Waals surface area contributed by atoms with Crippen LogP contribution in [0.5, 0.6) is 11.5 Å². The maximum absolute atomic E-state index is 12.1. The average molecular weight is 413 g/mol. The van der Waals surface area contributed by atoms with Crippen molar-refractivity contribution < 1.29 is 14.6 Å². The standard InChI is InChI=1S/C18H18Cl2N2O3S/c1-3-26-16-5-4-13(19)8-12(16)9-17(23)22-21-10-11-6-14(20)18(24)15(7-11)25-2/h4-8,10,24H,3,9H2,1-2H3,(H,22,23)/b21-10-. The number of amides is 1. The minimum atomic E-state index is -0.265. The number of nitrogens with zero attached hydrogens (tertiary/aromatic N) is 1. The predicted molar refractivity (Wildman–Crippen MR) is 107 cm³/mol. The molecule has 0 aliphatic heterocycles. The third kappa shape index (κ3) is 5.56. The molecule has 1 amide bonds. The predicted octanol–water partition coefficient (Wildman–Crippen LogP) is 4.51. The summed E-state index contributed by atoms with van der Waals surface area (Å²) in [6, 6.07) is 8.58. The fourth-order valence-corrected chi connectivity index (χ4v) is 3.40. The summed E-state index contributed by atoms with van der Waals surface area (Å²) in [6.45, 7) is 2.05. The van der Waals surface area contributed by atoms with Crippen molar-refractivity contribution in [1.29, 1.82) is 0 Å². The zero-order valence-electron chi connectivity index (χ0n) is 14.3. The number of halogens is 2. The zero-order valence-corrected chi connectivity index (χ0v) is 16.6. The molecular weight excluding hydrogens is 395 g/mol. The number of hydrogen-bond acceptors (Lipinski definition) is 5. The molecule has 0 bridgehead atoms. The molecule has 0 atom stereocenters. The third-order valence-corrected chi connectivity index (χ3v) is 4.87. The van der Waals surface area contributed by atoms with Crippen molar-refractivity contribution in [1.82, 2.24) is 5.43 Å². The van der Waals surface area contributed by atoms with Gasteiger partial charge in [-0.25, -0.2) is 5.43 Å². The van der Waals surface area contributed by atoms with Crippen LogP contribution in [0.2, 0.25) is 10.0 Å². The highest BCUT2D eigenvalue weighted by molar-refractivity contribution is 7.99. The van der Waals surface area contributed by atoms with Crippen molar-refractivity contribution in [3.05, 3.63) is 51.5 Å². The first-order valence-electron chi connectivity index (χ1n) is 7.74. The molecule has 0 unspecified atom stereocenters. The average Bonchev–Trinajstić information content (AvgIpc) is 2.60. The van der Waals surface area contributed by atoms with E-state index in [0.29, 0.717) is 10.6 Å². The van der Waals surface area contributed by atoms with Gasteiger partial charge in [-0.2, -0.15) is 5.10 Å². The Hall–Kier alpha value is -1.89. The number of benzene rings is 2. The van der Waals surface area contributed by atoms with E-state index in [1.54, 1.807) is 30.0 Å². The quantitative estimate of drug-likeness (QED) is 0.398. The number of thioether (sulfide) groups is 1. The Labute approximate surface area is 166 Å². The van der Waals surface area contributed by atoms with E-state index in [0.717, 1.165) is 16.2 Å². The highest BCUT2D eigenvalue weighted by Gasteiger charge is 2.10. The van der Waals surface area contributed by atoms with Gasteiger partial charge in [0.05, 0.1) is 24.8 Å². The van der Waals surface area contributed by atoms with Crippen LogP contribution in [0.25, 0.3) is 0 Å². The highest BCUT2D eigenvalue weighted by Crippen LogP contribution is 2.34. The minimum Gasteiger partial charge on any atom is -0.503 e. The molecule has 138 valence electrons. The molecule has 0 aliphatic rings. The van der Waals surface area contributed by atoms with E-state index in [1.807, 2.05) is 13.0 Å². The van der Waals surface area contributed by atoms with Crippen molar-refractivity contribution in [2.24, 2.45) is 5.10 Å². The lowest BCUT2D eigenvalue weighted by Gasteiger charge is -2.08. The van der Waals surface area contributed by atoms with Crippen LogP contribution in [0.1, 0.15) is 18.1 Å². The SMILES string of the molecule is CCSc1ccc(Cl)cc1CC(=O)N/N=C\c1cc(Cl)c(O)c(OC)c1. The zero-order chi connectivity index (χ0) is 19.1. The normalized spacial score (nSPS) is 10.9. The number of nitrogens with one attached hydrogen (secondary N) is 1. The minimum absolute atomic E-state index is 0.136. The molecule has 5 nitrogen and oxygen atoms in total. The van der Waals surface area contributed by atoms with Crippen LogP contribution in [0.15, 0.2) is 40.3 Å². The summed E-state index contributed by atoms with van der Waals surface area (Å²) in [5.41, 5.74) is 3.90. The van der Waals surface area contributed by atoms with E-state index in [9.17, 15) is 9.90 Å². The van der Waals surface area contributed by atoms with E-state index < -0.39 is 0 Å². The number of carbonyl (C=O) groups is 1. The number of aromatic hydroxyl groups is 1. The maximum atomic E-state index is 12.1. The molecule has 2 aromatic rings. The second-order valence-corrected chi connectivity index (χ2v) is 7.36. The van der Waals surface area contributed by atoms with Crippen LogP contribution >= 0.6 is 35.0 Å². The topological polar surface area (TPSA) is 70.9 Å². The molecule has 26 heavy (non-hydrogen) atoms. The summed E-state index contributed by atoms with van der Waals surface area (Å²) in [6.07, 6.45) is 1.59. The van der Waals surface area contributed by atoms with E-state index >= 15 is 0 Å². The summed E-state index contributed by atoms with van der Waals surface area (Å²) in [5.74, 6) is 0.721. The Morgan fingerprint density at radius 3 is 2.81 bits per heavy atom. The Bertz CT molecular complexity index is 828. The van der Waals surface area contributed by atoms with Gasteiger partial charge in [0.2, 0.25) is 5.91 Å². The Kier molecular flexibility index (Phi) is 7.63. The van der Waals surface area contributed by atoms with E-state index in [1.165, 1.54) is 19.4 Å². The largest absolute Gasteiger partial charge is 0.503 e. The van der Waals surface area contributed by atoms with Crippen LogP contribution in [-0.4, -0.2) is 30.1 Å². The van der Waals surface area contributed by atoms with Gasteiger partial charge in [0.15, 0.2) is 11.5 Å². The molecule has 0 saturated heterocycles. The molecular formula is C18H18Cl2N2O3S. The van der Waals surface area contributed by atoms with Gasteiger partial charge in [0.1, 0.15) is 0 Å². The number of hydrazone groups is 1. The van der Waals surface area contributed by atoms with Gasteiger partial charge >= 0.3 is 0 Å². The number of ether oxygens (including phenoxy) is 1. The van der Waals surface area contributed by atoms with Gasteiger partial charge in [-0.3, -0.25) is 4.79 Å². The van der Waals surface area contributed by atoms with Crippen molar-refractivity contribution in [3.8, 4) is 11.5 Å². The monoisotopic (exact) mass is 412 g/mol. The number of rotatable bonds is 7. The first-order chi connectivity index (χ1) is 12.4. The summed E-state index contributed by atoms with van der Waals surface area (Å²) < 4.78 is 5.02.